The number of para-hydroxylation sites is 1. The molecule has 1 heterocycles. The lowest BCUT2D eigenvalue weighted by Gasteiger charge is -2.29. The van der Waals surface area contributed by atoms with Gasteiger partial charge in [-0.25, -0.2) is 4.79 Å². The zero-order valence-electron chi connectivity index (χ0n) is 10.9. The maximum atomic E-state index is 12.1. The van der Waals surface area contributed by atoms with Crippen LogP contribution in [0.4, 0.5) is 0 Å². The molecule has 1 aromatic rings. The van der Waals surface area contributed by atoms with Gasteiger partial charge in [0.1, 0.15) is 17.4 Å². The molecule has 2 rings (SSSR count). The molecule has 0 unspecified atom stereocenters. The highest BCUT2D eigenvalue weighted by atomic mass is 16.5. The van der Waals surface area contributed by atoms with E-state index in [9.17, 15) is 4.79 Å². The molecule has 1 aromatic carbocycles. The smallest absolute Gasteiger partial charge is 0.342 e. The van der Waals surface area contributed by atoms with Crippen LogP contribution in [0.3, 0.4) is 0 Å². The van der Waals surface area contributed by atoms with Crippen LogP contribution in [-0.4, -0.2) is 44.2 Å². The van der Waals surface area contributed by atoms with Gasteiger partial charge in [0.2, 0.25) is 0 Å². The Hall–Kier alpha value is -1.55. The van der Waals surface area contributed by atoms with Crippen molar-refractivity contribution in [2.45, 2.75) is 18.9 Å². The Morgan fingerprint density at radius 3 is 2.89 bits per heavy atom. The Bertz CT molecular complexity index is 419. The SMILES string of the molecule is COc1ccccc1C(=O)O[C@@H]1CCCN(C)C1. The second kappa shape index (κ2) is 5.87. The van der Waals surface area contributed by atoms with Crippen molar-refractivity contribution in [3.63, 3.8) is 0 Å². The van der Waals surface area contributed by atoms with Crippen LogP contribution in [0, 0.1) is 0 Å². The van der Waals surface area contributed by atoms with Crippen LogP contribution in [0.5, 0.6) is 5.75 Å². The van der Waals surface area contributed by atoms with Gasteiger partial charge in [0.25, 0.3) is 0 Å². The minimum atomic E-state index is -0.298. The molecular formula is C14H19NO3. The van der Waals surface area contributed by atoms with E-state index in [1.807, 2.05) is 19.2 Å². The van der Waals surface area contributed by atoms with Crippen LogP contribution in [0.15, 0.2) is 24.3 Å². The molecule has 18 heavy (non-hydrogen) atoms. The molecule has 1 aliphatic rings. The Balaban J connectivity index is 2.03. The average molecular weight is 249 g/mol. The largest absolute Gasteiger partial charge is 0.496 e. The van der Waals surface area contributed by atoms with Gasteiger partial charge in [-0.1, -0.05) is 12.1 Å². The highest BCUT2D eigenvalue weighted by molar-refractivity contribution is 5.92. The van der Waals surface area contributed by atoms with Gasteiger partial charge in [-0.2, -0.15) is 0 Å². The summed E-state index contributed by atoms with van der Waals surface area (Å²) in [5, 5.41) is 0. The third kappa shape index (κ3) is 3.01. The molecular weight excluding hydrogens is 230 g/mol. The number of methoxy groups -OCH3 is 1. The first-order chi connectivity index (χ1) is 8.70. The molecule has 98 valence electrons. The summed E-state index contributed by atoms with van der Waals surface area (Å²) in [4.78, 5) is 14.3. The van der Waals surface area contributed by atoms with Gasteiger partial charge in [0.15, 0.2) is 0 Å². The lowest BCUT2D eigenvalue weighted by molar-refractivity contribution is 0.0106. The second-order valence-corrected chi connectivity index (χ2v) is 4.63. The van der Waals surface area contributed by atoms with Crippen LogP contribution in [0.1, 0.15) is 23.2 Å². The number of esters is 1. The highest BCUT2D eigenvalue weighted by Crippen LogP contribution is 2.20. The summed E-state index contributed by atoms with van der Waals surface area (Å²) in [5.74, 6) is 0.263. The van der Waals surface area contributed by atoms with Gasteiger partial charge in [0, 0.05) is 6.54 Å². The van der Waals surface area contributed by atoms with Crippen LogP contribution in [0.25, 0.3) is 0 Å². The van der Waals surface area contributed by atoms with Gasteiger partial charge >= 0.3 is 5.97 Å². The lowest BCUT2D eigenvalue weighted by atomic mass is 10.1. The minimum absolute atomic E-state index is 0.0128. The Labute approximate surface area is 107 Å². The predicted molar refractivity (Wildman–Crippen MR) is 68.9 cm³/mol. The number of carbonyl (C=O) groups is 1. The number of ether oxygens (including phenoxy) is 2. The summed E-state index contributed by atoms with van der Waals surface area (Å²) in [6, 6.07) is 7.15. The lowest BCUT2D eigenvalue weighted by Crippen LogP contribution is -2.38. The molecule has 4 nitrogen and oxygen atoms in total. The van der Waals surface area contributed by atoms with E-state index in [4.69, 9.17) is 9.47 Å². The van der Waals surface area contributed by atoms with Gasteiger partial charge in [-0.05, 0) is 38.6 Å². The summed E-state index contributed by atoms with van der Waals surface area (Å²) in [6.07, 6.45) is 1.99. The molecule has 0 spiro atoms. The number of benzene rings is 1. The van der Waals surface area contributed by atoms with Crippen molar-refractivity contribution < 1.29 is 14.3 Å². The zero-order valence-corrected chi connectivity index (χ0v) is 10.9. The van der Waals surface area contributed by atoms with Crippen LogP contribution >= 0.6 is 0 Å². The first-order valence-corrected chi connectivity index (χ1v) is 6.23. The Kier molecular flexibility index (Phi) is 4.20. The van der Waals surface area contributed by atoms with Crippen molar-refractivity contribution in [1.29, 1.82) is 0 Å². The molecule has 0 bridgehead atoms. The van der Waals surface area contributed by atoms with E-state index in [-0.39, 0.29) is 12.1 Å². The van der Waals surface area contributed by atoms with Gasteiger partial charge in [-0.15, -0.1) is 0 Å². The fourth-order valence-corrected chi connectivity index (χ4v) is 2.24. The summed E-state index contributed by atoms with van der Waals surface area (Å²) in [7, 11) is 3.60. The quantitative estimate of drug-likeness (QED) is 0.767. The number of likely N-dealkylation sites (N-methyl/N-ethyl adjacent to an activating group) is 1. The van der Waals surface area contributed by atoms with E-state index in [0.29, 0.717) is 11.3 Å². The number of hydrogen-bond acceptors (Lipinski definition) is 4. The molecule has 1 saturated heterocycles. The standard InChI is InChI=1S/C14H19NO3/c1-15-9-5-6-11(10-15)18-14(16)12-7-3-4-8-13(12)17-2/h3-4,7-8,11H,5-6,9-10H2,1-2H3/t11-/m1/s1. The summed E-state index contributed by atoms with van der Waals surface area (Å²) < 4.78 is 10.7. The third-order valence-electron chi connectivity index (χ3n) is 3.18. The maximum Gasteiger partial charge on any atom is 0.342 e. The van der Waals surface area contributed by atoms with E-state index >= 15 is 0 Å². The molecule has 4 heteroatoms. The molecule has 0 aliphatic carbocycles. The molecule has 1 atom stereocenters. The van der Waals surface area contributed by atoms with Crippen molar-refractivity contribution in [2.24, 2.45) is 0 Å². The number of nitrogens with zero attached hydrogens (tertiary/aromatic N) is 1. The van der Waals surface area contributed by atoms with Crippen LogP contribution in [0.2, 0.25) is 0 Å². The fraction of sp³-hybridized carbons (Fsp3) is 0.500. The first-order valence-electron chi connectivity index (χ1n) is 6.23. The molecule has 0 N–H and O–H groups in total. The maximum absolute atomic E-state index is 12.1. The van der Waals surface area contributed by atoms with Crippen molar-refractivity contribution >= 4 is 5.97 Å². The van der Waals surface area contributed by atoms with Crippen LogP contribution in [-0.2, 0) is 4.74 Å². The second-order valence-electron chi connectivity index (χ2n) is 4.63. The van der Waals surface area contributed by atoms with Gasteiger partial charge < -0.3 is 14.4 Å². The van der Waals surface area contributed by atoms with E-state index in [1.54, 1.807) is 19.2 Å². The molecule has 0 radical (unpaired) electrons. The highest BCUT2D eigenvalue weighted by Gasteiger charge is 2.22. The Morgan fingerprint density at radius 1 is 1.39 bits per heavy atom. The molecule has 1 fully saturated rings. The molecule has 0 saturated carbocycles. The van der Waals surface area contributed by atoms with Crippen molar-refractivity contribution in [3.8, 4) is 5.75 Å². The van der Waals surface area contributed by atoms with E-state index in [2.05, 4.69) is 4.90 Å². The summed E-state index contributed by atoms with van der Waals surface area (Å²) in [6.45, 7) is 1.88. The van der Waals surface area contributed by atoms with Crippen molar-refractivity contribution in [1.82, 2.24) is 4.90 Å². The topological polar surface area (TPSA) is 38.8 Å². The number of piperidine rings is 1. The van der Waals surface area contributed by atoms with Crippen molar-refractivity contribution in [3.05, 3.63) is 29.8 Å². The van der Waals surface area contributed by atoms with E-state index < -0.39 is 0 Å². The molecule has 1 aliphatic heterocycles. The predicted octanol–water partition coefficient (Wildman–Crippen LogP) is 1.95. The molecule has 0 amide bonds. The number of rotatable bonds is 3. The number of hydrogen-bond donors (Lipinski definition) is 0. The van der Waals surface area contributed by atoms with Gasteiger partial charge in [-0.3, -0.25) is 0 Å². The zero-order chi connectivity index (χ0) is 13.0. The summed E-state index contributed by atoms with van der Waals surface area (Å²) in [5.41, 5.74) is 0.494. The van der Waals surface area contributed by atoms with E-state index in [0.717, 1.165) is 25.9 Å². The van der Waals surface area contributed by atoms with E-state index in [1.165, 1.54) is 0 Å². The van der Waals surface area contributed by atoms with Crippen molar-refractivity contribution in [2.75, 3.05) is 27.2 Å². The fourth-order valence-electron chi connectivity index (χ4n) is 2.24. The number of carbonyl (C=O) groups excluding carboxylic acids is 1. The Morgan fingerprint density at radius 2 is 2.17 bits per heavy atom. The summed E-state index contributed by atoms with van der Waals surface area (Å²) >= 11 is 0. The average Bonchev–Trinajstić information content (AvgIpc) is 2.38. The number of likely N-dealkylation sites (tertiary alicyclic amines) is 1. The molecule has 0 aromatic heterocycles. The monoisotopic (exact) mass is 249 g/mol. The first kappa shape index (κ1) is 12.9. The third-order valence-corrected chi connectivity index (χ3v) is 3.18. The normalized spacial score (nSPS) is 20.4. The minimum Gasteiger partial charge on any atom is -0.496 e. The van der Waals surface area contributed by atoms with Crippen LogP contribution < -0.4 is 4.74 Å². The van der Waals surface area contributed by atoms with Gasteiger partial charge in [0.05, 0.1) is 7.11 Å².